The molecule has 0 spiro atoms. The fourth-order valence-corrected chi connectivity index (χ4v) is 2.97. The minimum absolute atomic E-state index is 0.370. The Labute approximate surface area is 174 Å². The van der Waals surface area contributed by atoms with Gasteiger partial charge >= 0.3 is 0 Å². The highest BCUT2D eigenvalue weighted by atomic mass is 35.5. The Morgan fingerprint density at radius 3 is 2.18 bits per heavy atom. The van der Waals surface area contributed by atoms with E-state index in [0.29, 0.717) is 58.2 Å². The molecule has 2 aromatic carbocycles. The second-order valence-corrected chi connectivity index (χ2v) is 6.29. The molecule has 2 rings (SSSR count). The normalized spacial score (nSPS) is 10.8. The van der Waals surface area contributed by atoms with E-state index < -0.39 is 0 Å². The zero-order valence-corrected chi connectivity index (χ0v) is 17.4. The van der Waals surface area contributed by atoms with E-state index in [0.717, 1.165) is 0 Å². The average molecular weight is 425 g/mol. The summed E-state index contributed by atoms with van der Waals surface area (Å²) in [6.45, 7) is 7.00. The lowest BCUT2D eigenvalue weighted by Gasteiger charge is -2.11. The molecule has 0 bridgehead atoms. The third kappa shape index (κ3) is 5.78. The molecule has 0 aliphatic rings. The molecule has 1 N–H and O–H groups in total. The Bertz CT molecular complexity index is 833. The number of carbonyl (C=O) groups excluding carboxylic acids is 1. The van der Waals surface area contributed by atoms with Crippen LogP contribution in [0.2, 0.25) is 10.0 Å². The van der Waals surface area contributed by atoms with Crippen LogP contribution in [-0.4, -0.2) is 31.9 Å². The molecule has 0 saturated carbocycles. The maximum atomic E-state index is 12.3. The van der Waals surface area contributed by atoms with Gasteiger partial charge in [-0.15, -0.1) is 0 Å². The molecule has 0 aliphatic carbocycles. The molecule has 0 heterocycles. The SMILES string of the molecule is CCOc1ccc(C(=O)N/N=C/c2cc(Cl)c(OCC)c(Cl)c2)cc1OCC. The Kier molecular flexibility index (Phi) is 8.42. The summed E-state index contributed by atoms with van der Waals surface area (Å²) in [6.07, 6.45) is 1.45. The lowest BCUT2D eigenvalue weighted by molar-refractivity contribution is 0.0954. The highest BCUT2D eigenvalue weighted by Gasteiger charge is 2.11. The Morgan fingerprint density at radius 2 is 1.57 bits per heavy atom. The van der Waals surface area contributed by atoms with E-state index in [1.807, 2.05) is 20.8 Å². The molecule has 0 saturated heterocycles. The van der Waals surface area contributed by atoms with E-state index in [4.69, 9.17) is 37.4 Å². The van der Waals surface area contributed by atoms with Crippen LogP contribution in [0.15, 0.2) is 35.4 Å². The lowest BCUT2D eigenvalue weighted by Crippen LogP contribution is -2.17. The highest BCUT2D eigenvalue weighted by Crippen LogP contribution is 2.33. The summed E-state index contributed by atoms with van der Waals surface area (Å²) in [7, 11) is 0. The van der Waals surface area contributed by atoms with Crippen molar-refractivity contribution in [3.63, 3.8) is 0 Å². The molecule has 150 valence electrons. The molecule has 28 heavy (non-hydrogen) atoms. The number of carbonyl (C=O) groups is 1. The van der Waals surface area contributed by atoms with Gasteiger partial charge in [-0.25, -0.2) is 5.43 Å². The third-order valence-corrected chi connectivity index (χ3v) is 4.06. The van der Waals surface area contributed by atoms with Crippen molar-refractivity contribution in [2.45, 2.75) is 20.8 Å². The van der Waals surface area contributed by atoms with Crippen molar-refractivity contribution in [2.24, 2.45) is 5.10 Å². The number of hydrazone groups is 1. The van der Waals surface area contributed by atoms with Gasteiger partial charge in [0.15, 0.2) is 17.2 Å². The zero-order chi connectivity index (χ0) is 20.5. The molecule has 0 unspecified atom stereocenters. The van der Waals surface area contributed by atoms with Crippen molar-refractivity contribution in [3.8, 4) is 17.2 Å². The first-order chi connectivity index (χ1) is 13.5. The van der Waals surface area contributed by atoms with Crippen molar-refractivity contribution in [2.75, 3.05) is 19.8 Å². The number of amides is 1. The van der Waals surface area contributed by atoms with E-state index in [-0.39, 0.29) is 5.91 Å². The second-order valence-electron chi connectivity index (χ2n) is 5.47. The van der Waals surface area contributed by atoms with E-state index in [1.54, 1.807) is 30.3 Å². The third-order valence-electron chi connectivity index (χ3n) is 3.49. The van der Waals surface area contributed by atoms with Gasteiger partial charge in [-0.2, -0.15) is 5.10 Å². The Morgan fingerprint density at radius 1 is 0.964 bits per heavy atom. The van der Waals surface area contributed by atoms with Crippen LogP contribution < -0.4 is 19.6 Å². The summed E-state index contributed by atoms with van der Waals surface area (Å²) in [6, 6.07) is 8.25. The average Bonchev–Trinajstić information content (AvgIpc) is 2.66. The van der Waals surface area contributed by atoms with Crippen LogP contribution >= 0.6 is 23.2 Å². The molecule has 0 fully saturated rings. The first-order valence-corrected chi connectivity index (χ1v) is 9.60. The molecular formula is C20H22Cl2N2O4. The van der Waals surface area contributed by atoms with E-state index >= 15 is 0 Å². The molecule has 0 aliphatic heterocycles. The summed E-state index contributed by atoms with van der Waals surface area (Å²) in [5.41, 5.74) is 3.48. The largest absolute Gasteiger partial charge is 0.491 e. The van der Waals surface area contributed by atoms with Crippen LogP contribution in [0, 0.1) is 0 Å². The topological polar surface area (TPSA) is 69.2 Å². The second kappa shape index (κ2) is 10.8. The Balaban J connectivity index is 2.10. The number of hydrogen-bond donors (Lipinski definition) is 1. The standard InChI is InChI=1S/C20H22Cl2N2O4/c1-4-26-17-8-7-14(11-18(17)27-5-2)20(25)24-23-12-13-9-15(21)19(28-6-3)16(22)10-13/h7-12H,4-6H2,1-3H3,(H,24,25)/b23-12+. The zero-order valence-electron chi connectivity index (χ0n) is 15.9. The van der Waals surface area contributed by atoms with Crippen molar-refractivity contribution >= 4 is 35.3 Å². The van der Waals surface area contributed by atoms with Crippen molar-refractivity contribution < 1.29 is 19.0 Å². The fourth-order valence-electron chi connectivity index (χ4n) is 2.36. The van der Waals surface area contributed by atoms with Gasteiger partial charge in [-0.1, -0.05) is 23.2 Å². The van der Waals surface area contributed by atoms with Gasteiger partial charge in [-0.3, -0.25) is 4.79 Å². The molecule has 8 heteroatoms. The van der Waals surface area contributed by atoms with Gasteiger partial charge in [0.05, 0.1) is 36.1 Å². The number of nitrogens with zero attached hydrogens (tertiary/aromatic N) is 1. The summed E-state index contributed by atoms with van der Waals surface area (Å²) in [4.78, 5) is 12.3. The predicted molar refractivity (Wildman–Crippen MR) is 111 cm³/mol. The van der Waals surface area contributed by atoms with Crippen molar-refractivity contribution in [1.82, 2.24) is 5.43 Å². The fraction of sp³-hybridized carbons (Fsp3) is 0.300. The molecule has 0 aromatic heterocycles. The number of rotatable bonds is 9. The molecule has 1 amide bonds. The van der Waals surface area contributed by atoms with Crippen LogP contribution in [-0.2, 0) is 0 Å². The molecule has 2 aromatic rings. The minimum atomic E-state index is -0.386. The predicted octanol–water partition coefficient (Wildman–Crippen LogP) is 4.95. The van der Waals surface area contributed by atoms with Crippen LogP contribution in [0.5, 0.6) is 17.2 Å². The summed E-state index contributed by atoms with van der Waals surface area (Å²) in [5.74, 6) is 1.13. The molecular weight excluding hydrogens is 403 g/mol. The monoisotopic (exact) mass is 424 g/mol. The van der Waals surface area contributed by atoms with Crippen LogP contribution in [0.25, 0.3) is 0 Å². The smallest absolute Gasteiger partial charge is 0.271 e. The first kappa shape index (κ1) is 21.9. The maximum Gasteiger partial charge on any atom is 0.271 e. The molecule has 6 nitrogen and oxygen atoms in total. The number of hydrogen-bond acceptors (Lipinski definition) is 5. The first-order valence-electron chi connectivity index (χ1n) is 8.85. The van der Waals surface area contributed by atoms with Crippen molar-refractivity contribution in [1.29, 1.82) is 0 Å². The number of halogens is 2. The maximum absolute atomic E-state index is 12.3. The molecule has 0 radical (unpaired) electrons. The lowest BCUT2D eigenvalue weighted by atomic mass is 10.2. The van der Waals surface area contributed by atoms with Gasteiger partial charge < -0.3 is 14.2 Å². The van der Waals surface area contributed by atoms with Crippen LogP contribution in [0.1, 0.15) is 36.7 Å². The number of ether oxygens (including phenoxy) is 3. The van der Waals surface area contributed by atoms with E-state index in [9.17, 15) is 4.79 Å². The van der Waals surface area contributed by atoms with Gasteiger partial charge in [0.25, 0.3) is 5.91 Å². The molecule has 0 atom stereocenters. The Hall–Kier alpha value is -2.44. The highest BCUT2D eigenvalue weighted by molar-refractivity contribution is 6.37. The van der Waals surface area contributed by atoms with E-state index in [1.165, 1.54) is 6.21 Å². The van der Waals surface area contributed by atoms with Gasteiger partial charge in [0, 0.05) is 5.56 Å². The minimum Gasteiger partial charge on any atom is -0.491 e. The quantitative estimate of drug-likeness (QED) is 0.456. The van der Waals surface area contributed by atoms with E-state index in [2.05, 4.69) is 10.5 Å². The van der Waals surface area contributed by atoms with Crippen LogP contribution in [0.3, 0.4) is 0 Å². The van der Waals surface area contributed by atoms with Gasteiger partial charge in [-0.05, 0) is 56.7 Å². The number of benzene rings is 2. The van der Waals surface area contributed by atoms with Crippen LogP contribution in [0.4, 0.5) is 0 Å². The van der Waals surface area contributed by atoms with Gasteiger partial charge in [0.2, 0.25) is 0 Å². The summed E-state index contributed by atoms with van der Waals surface area (Å²) >= 11 is 12.3. The van der Waals surface area contributed by atoms with Crippen molar-refractivity contribution in [3.05, 3.63) is 51.5 Å². The number of nitrogens with one attached hydrogen (secondary N) is 1. The summed E-state index contributed by atoms with van der Waals surface area (Å²) < 4.78 is 16.4. The van der Waals surface area contributed by atoms with Gasteiger partial charge in [0.1, 0.15) is 0 Å². The summed E-state index contributed by atoms with van der Waals surface area (Å²) in [5, 5.41) is 4.70.